The summed E-state index contributed by atoms with van der Waals surface area (Å²) < 4.78 is 6.77. The summed E-state index contributed by atoms with van der Waals surface area (Å²) in [6.45, 7) is 0. The number of carbonyl (C=O) groups is 1. The molecule has 0 fully saturated rings. The summed E-state index contributed by atoms with van der Waals surface area (Å²) in [7, 11) is 0. The minimum absolute atomic E-state index is 0.181. The SMILES string of the molecule is CSc1ncccc1C(=O)Nc1ccc(Oc2ccc(Br)cc2)cc1. The van der Waals surface area contributed by atoms with Crippen LogP contribution in [0.5, 0.6) is 11.5 Å². The highest BCUT2D eigenvalue weighted by atomic mass is 79.9. The molecule has 3 rings (SSSR count). The molecule has 0 atom stereocenters. The first-order valence-electron chi connectivity index (χ1n) is 7.49. The number of pyridine rings is 1. The highest BCUT2D eigenvalue weighted by Gasteiger charge is 2.11. The molecule has 4 nitrogen and oxygen atoms in total. The zero-order chi connectivity index (χ0) is 17.6. The minimum atomic E-state index is -0.181. The molecule has 0 unspecified atom stereocenters. The lowest BCUT2D eigenvalue weighted by Crippen LogP contribution is -2.13. The lowest BCUT2D eigenvalue weighted by molar-refractivity contribution is 0.102. The van der Waals surface area contributed by atoms with E-state index in [1.807, 2.05) is 42.7 Å². The minimum Gasteiger partial charge on any atom is -0.457 e. The van der Waals surface area contributed by atoms with E-state index in [4.69, 9.17) is 4.74 Å². The van der Waals surface area contributed by atoms with Crippen molar-refractivity contribution >= 4 is 39.3 Å². The van der Waals surface area contributed by atoms with Crippen LogP contribution in [0.25, 0.3) is 0 Å². The van der Waals surface area contributed by atoms with Gasteiger partial charge >= 0.3 is 0 Å². The number of hydrogen-bond acceptors (Lipinski definition) is 4. The summed E-state index contributed by atoms with van der Waals surface area (Å²) in [6, 6.07) is 18.4. The van der Waals surface area contributed by atoms with Crippen LogP contribution in [0.3, 0.4) is 0 Å². The molecule has 0 spiro atoms. The number of benzene rings is 2. The van der Waals surface area contributed by atoms with Gasteiger partial charge in [-0.15, -0.1) is 11.8 Å². The number of rotatable bonds is 5. The van der Waals surface area contributed by atoms with E-state index in [2.05, 4.69) is 26.2 Å². The van der Waals surface area contributed by atoms with E-state index in [1.54, 1.807) is 30.5 Å². The molecule has 2 aromatic carbocycles. The maximum atomic E-state index is 12.4. The van der Waals surface area contributed by atoms with Crippen molar-refractivity contribution in [2.75, 3.05) is 11.6 Å². The zero-order valence-electron chi connectivity index (χ0n) is 13.4. The quantitative estimate of drug-likeness (QED) is 0.551. The number of nitrogens with zero attached hydrogens (tertiary/aromatic N) is 1. The van der Waals surface area contributed by atoms with Crippen LogP contribution in [0.15, 0.2) is 76.4 Å². The zero-order valence-corrected chi connectivity index (χ0v) is 15.8. The molecule has 0 bridgehead atoms. The summed E-state index contributed by atoms with van der Waals surface area (Å²) >= 11 is 4.83. The lowest BCUT2D eigenvalue weighted by atomic mass is 10.2. The molecule has 0 radical (unpaired) electrons. The third-order valence-electron chi connectivity index (χ3n) is 3.37. The van der Waals surface area contributed by atoms with Crippen molar-refractivity contribution in [1.29, 1.82) is 0 Å². The van der Waals surface area contributed by atoms with E-state index in [1.165, 1.54) is 11.8 Å². The van der Waals surface area contributed by atoms with E-state index in [0.717, 1.165) is 10.2 Å². The number of aromatic nitrogens is 1. The number of anilines is 1. The first-order valence-corrected chi connectivity index (χ1v) is 9.51. The smallest absolute Gasteiger partial charge is 0.258 e. The van der Waals surface area contributed by atoms with E-state index in [-0.39, 0.29) is 5.91 Å². The van der Waals surface area contributed by atoms with Gasteiger partial charge < -0.3 is 10.1 Å². The second kappa shape index (κ2) is 8.18. The van der Waals surface area contributed by atoms with Crippen LogP contribution in [-0.4, -0.2) is 17.1 Å². The van der Waals surface area contributed by atoms with E-state index in [0.29, 0.717) is 22.0 Å². The summed E-state index contributed by atoms with van der Waals surface area (Å²) in [5.74, 6) is 1.27. The molecule has 0 aliphatic carbocycles. The summed E-state index contributed by atoms with van der Waals surface area (Å²) in [5.41, 5.74) is 1.26. The monoisotopic (exact) mass is 414 g/mol. The molecule has 25 heavy (non-hydrogen) atoms. The van der Waals surface area contributed by atoms with Gasteiger partial charge in [-0.25, -0.2) is 4.98 Å². The Morgan fingerprint density at radius 2 is 1.68 bits per heavy atom. The Labute approximate surface area is 158 Å². The Morgan fingerprint density at radius 3 is 2.32 bits per heavy atom. The van der Waals surface area contributed by atoms with Gasteiger partial charge in [0, 0.05) is 16.4 Å². The summed E-state index contributed by atoms with van der Waals surface area (Å²) in [4.78, 5) is 16.6. The molecule has 0 aliphatic heterocycles. The Kier molecular flexibility index (Phi) is 5.73. The maximum Gasteiger partial charge on any atom is 0.258 e. The first-order chi connectivity index (χ1) is 12.2. The third kappa shape index (κ3) is 4.61. The van der Waals surface area contributed by atoms with Gasteiger partial charge in [0.2, 0.25) is 0 Å². The Bertz CT molecular complexity index is 867. The molecule has 6 heteroatoms. The van der Waals surface area contributed by atoms with Crippen LogP contribution < -0.4 is 10.1 Å². The van der Waals surface area contributed by atoms with Crippen LogP contribution in [0, 0.1) is 0 Å². The van der Waals surface area contributed by atoms with Crippen molar-refractivity contribution < 1.29 is 9.53 Å². The van der Waals surface area contributed by atoms with Crippen molar-refractivity contribution in [3.63, 3.8) is 0 Å². The fourth-order valence-electron chi connectivity index (χ4n) is 2.17. The van der Waals surface area contributed by atoms with Gasteiger partial charge in [0.25, 0.3) is 5.91 Å². The van der Waals surface area contributed by atoms with Gasteiger partial charge in [-0.1, -0.05) is 15.9 Å². The van der Waals surface area contributed by atoms with Crippen molar-refractivity contribution in [2.24, 2.45) is 0 Å². The maximum absolute atomic E-state index is 12.4. The van der Waals surface area contributed by atoms with Crippen molar-refractivity contribution in [1.82, 2.24) is 4.98 Å². The van der Waals surface area contributed by atoms with Crippen LogP contribution in [0.2, 0.25) is 0 Å². The van der Waals surface area contributed by atoms with E-state index < -0.39 is 0 Å². The van der Waals surface area contributed by atoms with Gasteiger partial charge in [-0.3, -0.25) is 4.79 Å². The van der Waals surface area contributed by atoms with Crippen molar-refractivity contribution in [2.45, 2.75) is 5.03 Å². The fraction of sp³-hybridized carbons (Fsp3) is 0.0526. The number of carbonyl (C=O) groups excluding carboxylic acids is 1. The van der Waals surface area contributed by atoms with Gasteiger partial charge in [0.1, 0.15) is 16.5 Å². The highest BCUT2D eigenvalue weighted by molar-refractivity contribution is 9.10. The average Bonchev–Trinajstić information content (AvgIpc) is 2.65. The fourth-order valence-corrected chi connectivity index (χ4v) is 2.98. The number of amides is 1. The molecular formula is C19H15BrN2O2S. The van der Waals surface area contributed by atoms with Crippen LogP contribution >= 0.6 is 27.7 Å². The first kappa shape index (κ1) is 17.5. The third-order valence-corrected chi connectivity index (χ3v) is 4.61. The molecule has 0 aliphatic rings. The van der Waals surface area contributed by atoms with Crippen LogP contribution in [0.1, 0.15) is 10.4 Å². The molecule has 0 saturated carbocycles. The van der Waals surface area contributed by atoms with Crippen LogP contribution in [-0.2, 0) is 0 Å². The standard InChI is InChI=1S/C19H15BrN2O2S/c1-25-19-17(3-2-12-21-19)18(23)22-14-6-10-16(11-7-14)24-15-8-4-13(20)5-9-15/h2-12H,1H3,(H,22,23). The molecule has 1 heterocycles. The Morgan fingerprint density at radius 1 is 1.04 bits per heavy atom. The molecule has 3 aromatic rings. The number of ether oxygens (including phenoxy) is 1. The Hall–Kier alpha value is -2.31. The summed E-state index contributed by atoms with van der Waals surface area (Å²) in [6.07, 6.45) is 3.57. The largest absolute Gasteiger partial charge is 0.457 e. The van der Waals surface area contributed by atoms with Gasteiger partial charge in [-0.2, -0.15) is 0 Å². The van der Waals surface area contributed by atoms with Gasteiger partial charge in [-0.05, 0) is 66.9 Å². The topological polar surface area (TPSA) is 51.2 Å². The highest BCUT2D eigenvalue weighted by Crippen LogP contribution is 2.25. The second-order valence-electron chi connectivity index (χ2n) is 5.09. The predicted molar refractivity (Wildman–Crippen MR) is 105 cm³/mol. The van der Waals surface area contributed by atoms with E-state index in [9.17, 15) is 4.79 Å². The number of halogens is 1. The Balaban J connectivity index is 1.68. The number of nitrogens with one attached hydrogen (secondary N) is 1. The number of hydrogen-bond donors (Lipinski definition) is 1. The molecule has 1 amide bonds. The second-order valence-corrected chi connectivity index (χ2v) is 6.81. The molecule has 1 N–H and O–H groups in total. The van der Waals surface area contributed by atoms with Gasteiger partial charge in [0.15, 0.2) is 0 Å². The molecule has 126 valence electrons. The molecule has 1 aromatic heterocycles. The molecular weight excluding hydrogens is 400 g/mol. The molecule has 0 saturated heterocycles. The normalized spacial score (nSPS) is 10.3. The van der Waals surface area contributed by atoms with Crippen molar-refractivity contribution in [3.05, 3.63) is 76.9 Å². The summed E-state index contributed by atoms with van der Waals surface area (Å²) in [5, 5.41) is 3.58. The number of thioether (sulfide) groups is 1. The average molecular weight is 415 g/mol. The van der Waals surface area contributed by atoms with E-state index >= 15 is 0 Å². The lowest BCUT2D eigenvalue weighted by Gasteiger charge is -2.09. The predicted octanol–water partition coefficient (Wildman–Crippen LogP) is 5.61. The van der Waals surface area contributed by atoms with Crippen LogP contribution in [0.4, 0.5) is 5.69 Å². The van der Waals surface area contributed by atoms with Crippen molar-refractivity contribution in [3.8, 4) is 11.5 Å². The van der Waals surface area contributed by atoms with Gasteiger partial charge in [0.05, 0.1) is 5.56 Å².